The standard InChI is InChI=1S/C6H6ClNO2/c7-6-1-4(3-9)5(10)2-8-6/h1-2,9-10H,3H2. The first-order chi connectivity index (χ1) is 4.74. The van der Waals surface area contributed by atoms with Gasteiger partial charge in [-0.1, -0.05) is 11.6 Å². The van der Waals surface area contributed by atoms with Crippen molar-refractivity contribution in [2.75, 3.05) is 0 Å². The fourth-order valence-electron chi connectivity index (χ4n) is 0.587. The Morgan fingerprint density at radius 3 is 2.80 bits per heavy atom. The summed E-state index contributed by atoms with van der Waals surface area (Å²) in [5, 5.41) is 17.8. The van der Waals surface area contributed by atoms with E-state index >= 15 is 0 Å². The quantitative estimate of drug-likeness (QED) is 0.600. The van der Waals surface area contributed by atoms with Gasteiger partial charge in [-0.15, -0.1) is 0 Å². The molecule has 3 nitrogen and oxygen atoms in total. The molecule has 1 aromatic heterocycles. The van der Waals surface area contributed by atoms with E-state index in [4.69, 9.17) is 21.8 Å². The Morgan fingerprint density at radius 1 is 1.60 bits per heavy atom. The van der Waals surface area contributed by atoms with Gasteiger partial charge in [-0.3, -0.25) is 0 Å². The Labute approximate surface area is 62.9 Å². The second kappa shape index (κ2) is 2.86. The minimum absolute atomic E-state index is 0.0353. The van der Waals surface area contributed by atoms with Crippen molar-refractivity contribution < 1.29 is 10.2 Å². The number of aromatic hydroxyl groups is 1. The fraction of sp³-hybridized carbons (Fsp3) is 0.167. The maximum Gasteiger partial charge on any atom is 0.139 e. The molecule has 0 aliphatic rings. The number of aromatic nitrogens is 1. The summed E-state index contributed by atoms with van der Waals surface area (Å²) >= 11 is 5.46. The zero-order chi connectivity index (χ0) is 7.56. The van der Waals surface area contributed by atoms with Gasteiger partial charge in [-0.25, -0.2) is 4.98 Å². The Hall–Kier alpha value is -0.800. The van der Waals surface area contributed by atoms with Crippen molar-refractivity contribution in [3.05, 3.63) is 23.0 Å². The molecule has 0 saturated heterocycles. The normalized spacial score (nSPS) is 9.80. The molecule has 2 N–H and O–H groups in total. The van der Waals surface area contributed by atoms with E-state index in [2.05, 4.69) is 4.98 Å². The number of aliphatic hydroxyl groups is 1. The highest BCUT2D eigenvalue weighted by Crippen LogP contribution is 2.17. The van der Waals surface area contributed by atoms with Crippen molar-refractivity contribution >= 4 is 11.6 Å². The molecule has 1 heterocycles. The van der Waals surface area contributed by atoms with Gasteiger partial charge in [-0.2, -0.15) is 0 Å². The third-order valence-corrected chi connectivity index (χ3v) is 1.31. The topological polar surface area (TPSA) is 53.4 Å². The molecule has 0 radical (unpaired) electrons. The molecular formula is C6H6ClNO2. The van der Waals surface area contributed by atoms with Gasteiger partial charge in [0.2, 0.25) is 0 Å². The molecule has 1 rings (SSSR count). The van der Waals surface area contributed by atoms with E-state index in [1.807, 2.05) is 0 Å². The molecule has 4 heteroatoms. The van der Waals surface area contributed by atoms with Gasteiger partial charge in [0.1, 0.15) is 10.9 Å². The van der Waals surface area contributed by atoms with Crippen LogP contribution in [0.1, 0.15) is 5.56 Å². The second-order valence-electron chi connectivity index (χ2n) is 1.79. The third kappa shape index (κ3) is 1.37. The maximum atomic E-state index is 8.95. The molecular weight excluding hydrogens is 154 g/mol. The van der Waals surface area contributed by atoms with E-state index in [1.54, 1.807) is 0 Å². The summed E-state index contributed by atoms with van der Waals surface area (Å²) in [6, 6.07) is 1.41. The third-order valence-electron chi connectivity index (χ3n) is 1.10. The van der Waals surface area contributed by atoms with Crippen molar-refractivity contribution in [3.8, 4) is 5.75 Å². The van der Waals surface area contributed by atoms with Crippen molar-refractivity contribution in [1.82, 2.24) is 4.98 Å². The van der Waals surface area contributed by atoms with Gasteiger partial charge in [0, 0.05) is 5.56 Å². The summed E-state index contributed by atoms with van der Waals surface area (Å²) in [4.78, 5) is 3.59. The molecule has 0 atom stereocenters. The summed E-state index contributed by atoms with van der Waals surface area (Å²) in [5.41, 5.74) is 0.389. The maximum absolute atomic E-state index is 8.95. The smallest absolute Gasteiger partial charge is 0.139 e. The summed E-state index contributed by atoms with van der Waals surface area (Å²) < 4.78 is 0. The molecule has 0 aliphatic carbocycles. The number of halogens is 1. The molecule has 0 spiro atoms. The summed E-state index contributed by atoms with van der Waals surface area (Å²) in [5.74, 6) is -0.0353. The Kier molecular flexibility index (Phi) is 2.09. The van der Waals surface area contributed by atoms with E-state index in [0.29, 0.717) is 5.56 Å². The summed E-state index contributed by atoms with van der Waals surface area (Å²) in [7, 11) is 0. The molecule has 0 bridgehead atoms. The van der Waals surface area contributed by atoms with Crippen molar-refractivity contribution in [2.45, 2.75) is 6.61 Å². The number of nitrogens with zero attached hydrogens (tertiary/aromatic N) is 1. The molecule has 0 aliphatic heterocycles. The lowest BCUT2D eigenvalue weighted by molar-refractivity contribution is 0.275. The highest BCUT2D eigenvalue weighted by Gasteiger charge is 1.99. The van der Waals surface area contributed by atoms with E-state index in [0.717, 1.165) is 0 Å². The van der Waals surface area contributed by atoms with Crippen molar-refractivity contribution in [1.29, 1.82) is 0 Å². The van der Waals surface area contributed by atoms with Gasteiger partial charge in [0.25, 0.3) is 0 Å². The van der Waals surface area contributed by atoms with Crippen LogP contribution in [0.2, 0.25) is 5.15 Å². The second-order valence-corrected chi connectivity index (χ2v) is 2.18. The lowest BCUT2D eigenvalue weighted by Crippen LogP contribution is -1.85. The first kappa shape index (κ1) is 7.31. The Balaban J connectivity index is 3.09. The minimum atomic E-state index is -0.228. The van der Waals surface area contributed by atoms with Crippen LogP contribution in [-0.2, 0) is 6.61 Å². The van der Waals surface area contributed by atoms with E-state index in [-0.39, 0.29) is 17.5 Å². The van der Waals surface area contributed by atoms with Crippen LogP contribution >= 0.6 is 11.6 Å². The first-order valence-corrected chi connectivity index (χ1v) is 3.06. The van der Waals surface area contributed by atoms with Gasteiger partial charge in [0.05, 0.1) is 12.8 Å². The highest BCUT2D eigenvalue weighted by atomic mass is 35.5. The van der Waals surface area contributed by atoms with Crippen LogP contribution < -0.4 is 0 Å². The van der Waals surface area contributed by atoms with E-state index in [1.165, 1.54) is 12.3 Å². The minimum Gasteiger partial charge on any atom is -0.506 e. The first-order valence-electron chi connectivity index (χ1n) is 2.68. The predicted octanol–water partition coefficient (Wildman–Crippen LogP) is 0.933. The lowest BCUT2D eigenvalue weighted by atomic mass is 10.3. The molecule has 0 amide bonds. The average molecular weight is 160 g/mol. The van der Waals surface area contributed by atoms with Gasteiger partial charge in [-0.05, 0) is 6.07 Å². The molecule has 1 aromatic rings. The molecule has 0 unspecified atom stereocenters. The number of pyridine rings is 1. The number of aliphatic hydroxyl groups excluding tert-OH is 1. The van der Waals surface area contributed by atoms with E-state index < -0.39 is 0 Å². The van der Waals surface area contributed by atoms with Crippen LogP contribution in [0.25, 0.3) is 0 Å². The Morgan fingerprint density at radius 2 is 2.30 bits per heavy atom. The van der Waals surface area contributed by atoms with Crippen LogP contribution in [0.3, 0.4) is 0 Å². The number of hydrogen-bond donors (Lipinski definition) is 2. The van der Waals surface area contributed by atoms with Crippen LogP contribution in [0.5, 0.6) is 5.75 Å². The van der Waals surface area contributed by atoms with Crippen molar-refractivity contribution in [3.63, 3.8) is 0 Å². The van der Waals surface area contributed by atoms with E-state index in [9.17, 15) is 0 Å². The van der Waals surface area contributed by atoms with Gasteiger partial charge in [0.15, 0.2) is 0 Å². The Bertz CT molecular complexity index is 239. The monoisotopic (exact) mass is 159 g/mol. The van der Waals surface area contributed by atoms with Gasteiger partial charge >= 0.3 is 0 Å². The zero-order valence-corrected chi connectivity index (χ0v) is 5.84. The largest absolute Gasteiger partial charge is 0.506 e. The highest BCUT2D eigenvalue weighted by molar-refractivity contribution is 6.29. The SMILES string of the molecule is OCc1cc(Cl)ncc1O. The number of rotatable bonds is 1. The van der Waals surface area contributed by atoms with Crippen molar-refractivity contribution in [2.24, 2.45) is 0 Å². The molecule has 10 heavy (non-hydrogen) atoms. The summed E-state index contributed by atoms with van der Waals surface area (Å²) in [6.07, 6.45) is 1.20. The van der Waals surface area contributed by atoms with Crippen LogP contribution in [0.15, 0.2) is 12.3 Å². The lowest BCUT2D eigenvalue weighted by Gasteiger charge is -1.98. The number of hydrogen-bond acceptors (Lipinski definition) is 3. The summed E-state index contributed by atoms with van der Waals surface area (Å²) in [6.45, 7) is -0.228. The molecule has 54 valence electrons. The predicted molar refractivity (Wildman–Crippen MR) is 36.8 cm³/mol. The average Bonchev–Trinajstić information content (AvgIpc) is 1.94. The van der Waals surface area contributed by atoms with Crippen LogP contribution in [-0.4, -0.2) is 15.2 Å². The van der Waals surface area contributed by atoms with Crippen LogP contribution in [0.4, 0.5) is 0 Å². The molecule has 0 fully saturated rings. The fourth-order valence-corrected chi connectivity index (χ4v) is 0.768. The zero-order valence-electron chi connectivity index (χ0n) is 5.08. The molecule has 0 aromatic carbocycles. The van der Waals surface area contributed by atoms with Gasteiger partial charge < -0.3 is 10.2 Å². The molecule has 0 saturated carbocycles. The van der Waals surface area contributed by atoms with Crippen LogP contribution in [0, 0.1) is 0 Å².